The zero-order valence-corrected chi connectivity index (χ0v) is 11.2. The third kappa shape index (κ3) is 7.18. The fraction of sp³-hybridized carbons (Fsp3) is 0.600. The standard InChI is InChI=1S/C12H18.C3H8/c1-10-5-6-11(2)9-12(3,4)8-7-10;1-3-2/h5-8H,9H2,1-4H3;3H2,1-2H3/b8-7-,10-5-,11-6?;. The quantitative estimate of drug-likeness (QED) is 0.505. The van der Waals surface area contributed by atoms with Crippen molar-refractivity contribution in [3.8, 4) is 0 Å². The lowest BCUT2D eigenvalue weighted by atomic mass is 9.84. The second-order valence-corrected chi connectivity index (χ2v) is 5.13. The van der Waals surface area contributed by atoms with Gasteiger partial charge in [0.05, 0.1) is 0 Å². The first-order chi connectivity index (χ1) is 6.91. The summed E-state index contributed by atoms with van der Waals surface area (Å²) in [6.45, 7) is 13.1. The van der Waals surface area contributed by atoms with Gasteiger partial charge in [-0.3, -0.25) is 0 Å². The van der Waals surface area contributed by atoms with Crippen molar-refractivity contribution in [3.63, 3.8) is 0 Å². The third-order valence-electron chi connectivity index (χ3n) is 2.16. The van der Waals surface area contributed by atoms with E-state index in [4.69, 9.17) is 0 Å². The van der Waals surface area contributed by atoms with Crippen LogP contribution in [0.3, 0.4) is 0 Å². The minimum absolute atomic E-state index is 0.316. The molecule has 0 nitrogen and oxygen atoms in total. The second kappa shape index (κ2) is 6.66. The van der Waals surface area contributed by atoms with Crippen LogP contribution in [0.25, 0.3) is 0 Å². The second-order valence-electron chi connectivity index (χ2n) is 5.13. The molecule has 0 aliphatic heterocycles. The highest BCUT2D eigenvalue weighted by molar-refractivity contribution is 5.28. The zero-order valence-electron chi connectivity index (χ0n) is 11.2. The summed E-state index contributed by atoms with van der Waals surface area (Å²) in [6.07, 6.45) is 11.3. The lowest BCUT2D eigenvalue weighted by molar-refractivity contribution is 0.474. The summed E-state index contributed by atoms with van der Waals surface area (Å²) in [5, 5.41) is 0. The molecule has 0 aromatic carbocycles. The Kier molecular flexibility index (Phi) is 6.31. The Labute approximate surface area is 95.8 Å². The molecule has 0 atom stereocenters. The molecule has 0 heterocycles. The van der Waals surface area contributed by atoms with Crippen LogP contribution in [-0.2, 0) is 0 Å². The van der Waals surface area contributed by atoms with E-state index in [1.54, 1.807) is 0 Å². The third-order valence-corrected chi connectivity index (χ3v) is 2.16. The minimum Gasteiger partial charge on any atom is -0.0783 e. The van der Waals surface area contributed by atoms with Gasteiger partial charge in [0.15, 0.2) is 0 Å². The Morgan fingerprint density at radius 2 is 1.67 bits per heavy atom. The van der Waals surface area contributed by atoms with Gasteiger partial charge in [0.2, 0.25) is 0 Å². The monoisotopic (exact) mass is 206 g/mol. The molecule has 1 rings (SSSR count). The Bertz CT molecular complexity index is 262. The molecule has 0 N–H and O–H groups in total. The predicted molar refractivity (Wildman–Crippen MR) is 71.0 cm³/mol. The SMILES string of the molecule is CC1=C/C=C(C)\C=C/C(C)(C)C1.CCC. The van der Waals surface area contributed by atoms with Crippen LogP contribution in [0.2, 0.25) is 0 Å². The maximum absolute atomic E-state index is 2.30. The topological polar surface area (TPSA) is 0 Å². The molecule has 0 amide bonds. The van der Waals surface area contributed by atoms with Crippen molar-refractivity contribution in [1.29, 1.82) is 0 Å². The van der Waals surface area contributed by atoms with Gasteiger partial charge in [0.25, 0.3) is 0 Å². The molecular weight excluding hydrogens is 180 g/mol. The van der Waals surface area contributed by atoms with Crippen LogP contribution in [-0.4, -0.2) is 0 Å². The number of hydrogen-bond acceptors (Lipinski definition) is 0. The van der Waals surface area contributed by atoms with Gasteiger partial charge in [0.1, 0.15) is 0 Å². The molecule has 0 saturated heterocycles. The van der Waals surface area contributed by atoms with Crippen LogP contribution in [0.15, 0.2) is 35.5 Å². The van der Waals surface area contributed by atoms with Crippen molar-refractivity contribution in [3.05, 3.63) is 35.5 Å². The van der Waals surface area contributed by atoms with E-state index in [-0.39, 0.29) is 0 Å². The summed E-state index contributed by atoms with van der Waals surface area (Å²) in [7, 11) is 0. The molecule has 0 heteroatoms. The van der Waals surface area contributed by atoms with Crippen LogP contribution in [0.1, 0.15) is 54.4 Å². The van der Waals surface area contributed by atoms with Crippen molar-refractivity contribution < 1.29 is 0 Å². The molecule has 0 aromatic rings. The van der Waals surface area contributed by atoms with Gasteiger partial charge in [0, 0.05) is 0 Å². The lowest BCUT2D eigenvalue weighted by Gasteiger charge is -2.21. The summed E-state index contributed by atoms with van der Waals surface area (Å²) in [5.41, 5.74) is 3.11. The maximum atomic E-state index is 2.30. The molecular formula is C15H26. The average Bonchev–Trinajstić information content (AvgIpc) is 2.11. The molecule has 86 valence electrons. The molecule has 0 radical (unpaired) electrons. The molecule has 0 bridgehead atoms. The molecule has 1 aliphatic carbocycles. The molecule has 0 fully saturated rings. The highest BCUT2D eigenvalue weighted by Crippen LogP contribution is 2.28. The predicted octanol–water partition coefficient (Wildman–Crippen LogP) is 5.28. The average molecular weight is 206 g/mol. The van der Waals surface area contributed by atoms with E-state index in [2.05, 4.69) is 65.8 Å². The lowest BCUT2D eigenvalue weighted by Crippen LogP contribution is -2.08. The van der Waals surface area contributed by atoms with E-state index in [1.165, 1.54) is 17.6 Å². The smallest absolute Gasteiger partial charge is 0.0134 e. The Morgan fingerprint density at radius 1 is 1.13 bits per heavy atom. The Hall–Kier alpha value is -0.780. The maximum Gasteiger partial charge on any atom is -0.0134 e. The van der Waals surface area contributed by atoms with Crippen molar-refractivity contribution >= 4 is 0 Å². The van der Waals surface area contributed by atoms with Crippen LogP contribution in [0, 0.1) is 5.41 Å². The van der Waals surface area contributed by atoms with Crippen LogP contribution < -0.4 is 0 Å². The first-order valence-corrected chi connectivity index (χ1v) is 5.94. The molecule has 1 aliphatic rings. The first-order valence-electron chi connectivity index (χ1n) is 5.94. The molecule has 0 aromatic heterocycles. The van der Waals surface area contributed by atoms with E-state index in [1.807, 2.05) is 0 Å². The number of allylic oxidation sites excluding steroid dienone is 6. The summed E-state index contributed by atoms with van der Waals surface area (Å²) in [4.78, 5) is 0. The van der Waals surface area contributed by atoms with Crippen molar-refractivity contribution in [2.45, 2.75) is 54.4 Å². The van der Waals surface area contributed by atoms with Gasteiger partial charge >= 0.3 is 0 Å². The fourth-order valence-electron chi connectivity index (χ4n) is 1.52. The van der Waals surface area contributed by atoms with Crippen molar-refractivity contribution in [2.75, 3.05) is 0 Å². The largest absolute Gasteiger partial charge is 0.0783 e. The summed E-state index contributed by atoms with van der Waals surface area (Å²) < 4.78 is 0. The van der Waals surface area contributed by atoms with Crippen molar-refractivity contribution in [1.82, 2.24) is 0 Å². The first kappa shape index (κ1) is 14.2. The van der Waals surface area contributed by atoms with Gasteiger partial charge in [-0.05, 0) is 25.7 Å². The van der Waals surface area contributed by atoms with Gasteiger partial charge in [-0.1, -0.05) is 69.6 Å². The zero-order chi connectivity index (χ0) is 11.9. The van der Waals surface area contributed by atoms with Crippen molar-refractivity contribution in [2.24, 2.45) is 5.41 Å². The normalized spacial score (nSPS) is 24.7. The number of hydrogen-bond donors (Lipinski definition) is 0. The Morgan fingerprint density at radius 3 is 2.20 bits per heavy atom. The molecule has 0 saturated carbocycles. The highest BCUT2D eigenvalue weighted by Gasteiger charge is 2.14. The van der Waals surface area contributed by atoms with Gasteiger partial charge in [-0.25, -0.2) is 0 Å². The minimum atomic E-state index is 0.316. The molecule has 15 heavy (non-hydrogen) atoms. The van der Waals surface area contributed by atoms with E-state index >= 15 is 0 Å². The fourth-order valence-corrected chi connectivity index (χ4v) is 1.52. The number of rotatable bonds is 0. The van der Waals surface area contributed by atoms with Crippen LogP contribution >= 0.6 is 0 Å². The van der Waals surface area contributed by atoms with E-state index in [9.17, 15) is 0 Å². The van der Waals surface area contributed by atoms with Gasteiger partial charge in [-0.15, -0.1) is 0 Å². The molecule has 0 unspecified atom stereocenters. The summed E-state index contributed by atoms with van der Waals surface area (Å²) >= 11 is 0. The van der Waals surface area contributed by atoms with Crippen LogP contribution in [0.5, 0.6) is 0 Å². The Balaban J connectivity index is 0.000000583. The van der Waals surface area contributed by atoms with Gasteiger partial charge in [-0.2, -0.15) is 0 Å². The highest BCUT2D eigenvalue weighted by atomic mass is 14.2. The van der Waals surface area contributed by atoms with E-state index in [0.29, 0.717) is 5.41 Å². The summed E-state index contributed by atoms with van der Waals surface area (Å²) in [5.74, 6) is 0. The summed E-state index contributed by atoms with van der Waals surface area (Å²) in [6, 6.07) is 0. The van der Waals surface area contributed by atoms with E-state index in [0.717, 1.165) is 6.42 Å². The van der Waals surface area contributed by atoms with Gasteiger partial charge < -0.3 is 0 Å². The van der Waals surface area contributed by atoms with E-state index < -0.39 is 0 Å². The molecule has 0 spiro atoms. The van der Waals surface area contributed by atoms with Crippen LogP contribution in [0.4, 0.5) is 0 Å².